The van der Waals surface area contributed by atoms with E-state index in [0.717, 1.165) is 5.82 Å². The number of nitrogens with one attached hydrogen (secondary N) is 3. The van der Waals surface area contributed by atoms with Crippen LogP contribution in [0.2, 0.25) is 0 Å². The maximum atomic E-state index is 12.9. The largest absolute Gasteiger partial charge is 0.356 e. The Kier molecular flexibility index (Phi) is 5.01. The van der Waals surface area contributed by atoms with Crippen LogP contribution in [0.15, 0.2) is 59.9 Å². The van der Waals surface area contributed by atoms with Crippen molar-refractivity contribution in [3.05, 3.63) is 66.5 Å². The van der Waals surface area contributed by atoms with Gasteiger partial charge in [0.1, 0.15) is 16.4 Å². The molecule has 3 N–H and O–H groups in total. The highest BCUT2D eigenvalue weighted by Gasteiger charge is 2.31. The van der Waals surface area contributed by atoms with Gasteiger partial charge in [-0.15, -0.1) is 0 Å². The number of benzene rings is 1. The van der Waals surface area contributed by atoms with Gasteiger partial charge in [0.2, 0.25) is 10.0 Å². The molecular formula is C19H21N5O3S. The van der Waals surface area contributed by atoms with E-state index in [0.29, 0.717) is 31.6 Å². The first-order chi connectivity index (χ1) is 13.5. The molecule has 0 spiro atoms. The van der Waals surface area contributed by atoms with Crippen molar-refractivity contribution in [2.45, 2.75) is 23.7 Å². The quantitative estimate of drug-likeness (QED) is 0.612. The van der Waals surface area contributed by atoms with Crippen LogP contribution in [0, 0.1) is 0 Å². The molecule has 3 heterocycles. The number of hydrogen-bond donors (Lipinski definition) is 3. The number of aromatic amines is 2. The second-order valence-corrected chi connectivity index (χ2v) is 8.66. The lowest BCUT2D eigenvalue weighted by molar-refractivity contribution is 0.102. The zero-order chi connectivity index (χ0) is 19.6. The minimum Gasteiger partial charge on any atom is -0.356 e. The fraction of sp³-hybridized carbons (Fsp3) is 0.263. The molecule has 0 radical (unpaired) electrons. The summed E-state index contributed by atoms with van der Waals surface area (Å²) in [4.78, 5) is 22.6. The van der Waals surface area contributed by atoms with Gasteiger partial charge in [0.15, 0.2) is 0 Å². The van der Waals surface area contributed by atoms with Crippen molar-refractivity contribution in [2.75, 3.05) is 18.4 Å². The molecular weight excluding hydrogens is 378 g/mol. The first kappa shape index (κ1) is 18.5. The minimum atomic E-state index is -3.65. The molecule has 0 unspecified atom stereocenters. The summed E-state index contributed by atoms with van der Waals surface area (Å²) in [6.07, 6.45) is 6.27. The number of piperidine rings is 1. The molecule has 2 aromatic heterocycles. The van der Waals surface area contributed by atoms with E-state index in [1.165, 1.54) is 16.6 Å². The highest BCUT2D eigenvalue weighted by molar-refractivity contribution is 7.89. The molecule has 0 bridgehead atoms. The number of rotatable bonds is 5. The number of sulfonamides is 1. The Labute approximate surface area is 163 Å². The third kappa shape index (κ3) is 3.71. The third-order valence-electron chi connectivity index (χ3n) is 4.93. The second-order valence-electron chi connectivity index (χ2n) is 6.72. The lowest BCUT2D eigenvalue weighted by atomic mass is 9.98. The van der Waals surface area contributed by atoms with Gasteiger partial charge in [0, 0.05) is 43.3 Å². The average Bonchev–Trinajstić information content (AvgIpc) is 3.41. The van der Waals surface area contributed by atoms with E-state index in [1.807, 2.05) is 18.2 Å². The SMILES string of the molecule is O=C(Nc1ccccc1)c1cc(S(=O)(=O)N2CCC(c3ncc[nH]3)CC2)c[nH]1. The molecule has 1 saturated heterocycles. The van der Waals surface area contributed by atoms with Gasteiger partial charge >= 0.3 is 0 Å². The average molecular weight is 399 g/mol. The van der Waals surface area contributed by atoms with Crippen LogP contribution in [0.1, 0.15) is 35.1 Å². The number of amides is 1. The highest BCUT2D eigenvalue weighted by atomic mass is 32.2. The number of carbonyl (C=O) groups excluding carboxylic acids is 1. The number of aromatic nitrogens is 3. The van der Waals surface area contributed by atoms with Crippen LogP contribution in [0.4, 0.5) is 5.69 Å². The number of H-pyrrole nitrogens is 2. The van der Waals surface area contributed by atoms with Crippen LogP contribution >= 0.6 is 0 Å². The Morgan fingerprint density at radius 3 is 2.57 bits per heavy atom. The number of carbonyl (C=O) groups is 1. The molecule has 146 valence electrons. The molecule has 0 aliphatic carbocycles. The molecule has 0 saturated carbocycles. The molecule has 1 amide bonds. The predicted octanol–water partition coefficient (Wildman–Crippen LogP) is 2.56. The Balaban J connectivity index is 1.43. The summed E-state index contributed by atoms with van der Waals surface area (Å²) in [6.45, 7) is 0.842. The van der Waals surface area contributed by atoms with Crippen molar-refractivity contribution < 1.29 is 13.2 Å². The highest BCUT2D eigenvalue weighted by Crippen LogP contribution is 2.29. The normalized spacial score (nSPS) is 16.1. The predicted molar refractivity (Wildman–Crippen MR) is 105 cm³/mol. The van der Waals surface area contributed by atoms with E-state index in [1.54, 1.807) is 24.5 Å². The molecule has 28 heavy (non-hydrogen) atoms. The molecule has 1 aliphatic heterocycles. The fourth-order valence-electron chi connectivity index (χ4n) is 3.39. The maximum Gasteiger partial charge on any atom is 0.272 e. The monoisotopic (exact) mass is 399 g/mol. The molecule has 0 atom stereocenters. The summed E-state index contributed by atoms with van der Waals surface area (Å²) in [7, 11) is -3.65. The van der Waals surface area contributed by atoms with Crippen LogP contribution in [-0.2, 0) is 10.0 Å². The van der Waals surface area contributed by atoms with Gasteiger partial charge in [-0.25, -0.2) is 13.4 Å². The van der Waals surface area contributed by atoms with Gasteiger partial charge in [0.05, 0.1) is 0 Å². The van der Waals surface area contributed by atoms with E-state index in [-0.39, 0.29) is 22.4 Å². The Morgan fingerprint density at radius 1 is 1.14 bits per heavy atom. The van der Waals surface area contributed by atoms with Crippen molar-refractivity contribution in [3.8, 4) is 0 Å². The van der Waals surface area contributed by atoms with Crippen molar-refractivity contribution in [1.29, 1.82) is 0 Å². The zero-order valence-electron chi connectivity index (χ0n) is 15.1. The van der Waals surface area contributed by atoms with Gasteiger partial charge in [-0.2, -0.15) is 4.31 Å². The van der Waals surface area contributed by atoms with Crippen molar-refractivity contribution in [3.63, 3.8) is 0 Å². The molecule has 9 heteroatoms. The van der Waals surface area contributed by atoms with E-state index in [2.05, 4.69) is 20.3 Å². The molecule has 3 aromatic rings. The van der Waals surface area contributed by atoms with Gasteiger partial charge in [-0.3, -0.25) is 4.79 Å². The van der Waals surface area contributed by atoms with E-state index < -0.39 is 10.0 Å². The van der Waals surface area contributed by atoms with Crippen LogP contribution < -0.4 is 5.32 Å². The molecule has 1 fully saturated rings. The van der Waals surface area contributed by atoms with Gasteiger partial charge < -0.3 is 15.3 Å². The summed E-state index contributed by atoms with van der Waals surface area (Å²) >= 11 is 0. The van der Waals surface area contributed by atoms with E-state index >= 15 is 0 Å². The molecule has 4 rings (SSSR count). The molecule has 1 aromatic carbocycles. The maximum absolute atomic E-state index is 12.9. The number of nitrogens with zero attached hydrogens (tertiary/aromatic N) is 2. The summed E-state index contributed by atoms with van der Waals surface area (Å²) in [5.41, 5.74) is 0.847. The standard InChI is InChI=1S/C19H21N5O3S/c25-19(23-15-4-2-1-3-5-15)17-12-16(13-22-17)28(26,27)24-10-6-14(7-11-24)18-20-8-9-21-18/h1-5,8-9,12-14,22H,6-7,10-11H2,(H,20,21)(H,23,25). The lowest BCUT2D eigenvalue weighted by Crippen LogP contribution is -2.37. The van der Waals surface area contributed by atoms with Gasteiger partial charge in [-0.1, -0.05) is 18.2 Å². The Hall–Kier alpha value is -2.91. The fourth-order valence-corrected chi connectivity index (χ4v) is 4.86. The summed E-state index contributed by atoms with van der Waals surface area (Å²) in [5, 5.41) is 2.73. The summed E-state index contributed by atoms with van der Waals surface area (Å²) < 4.78 is 27.3. The number of para-hydroxylation sites is 1. The van der Waals surface area contributed by atoms with Crippen LogP contribution in [0.3, 0.4) is 0 Å². The summed E-state index contributed by atoms with van der Waals surface area (Å²) in [5.74, 6) is 0.752. The first-order valence-corrected chi connectivity index (χ1v) is 10.5. The van der Waals surface area contributed by atoms with Crippen LogP contribution in [-0.4, -0.2) is 46.7 Å². The molecule has 1 aliphatic rings. The van der Waals surface area contributed by atoms with Gasteiger partial charge in [0.25, 0.3) is 5.91 Å². The first-order valence-electron chi connectivity index (χ1n) is 9.08. The van der Waals surface area contributed by atoms with E-state index in [4.69, 9.17) is 0 Å². The van der Waals surface area contributed by atoms with Gasteiger partial charge in [-0.05, 0) is 31.0 Å². The van der Waals surface area contributed by atoms with E-state index in [9.17, 15) is 13.2 Å². The third-order valence-corrected chi connectivity index (χ3v) is 6.81. The zero-order valence-corrected chi connectivity index (χ0v) is 15.9. The van der Waals surface area contributed by atoms with Crippen LogP contribution in [0.5, 0.6) is 0 Å². The Bertz CT molecular complexity index is 1040. The van der Waals surface area contributed by atoms with Crippen molar-refractivity contribution in [2.24, 2.45) is 0 Å². The molecule has 8 nitrogen and oxygen atoms in total. The second kappa shape index (κ2) is 7.61. The number of hydrogen-bond acceptors (Lipinski definition) is 4. The topological polar surface area (TPSA) is 111 Å². The van der Waals surface area contributed by atoms with Crippen molar-refractivity contribution in [1.82, 2.24) is 19.3 Å². The van der Waals surface area contributed by atoms with Crippen LogP contribution in [0.25, 0.3) is 0 Å². The smallest absolute Gasteiger partial charge is 0.272 e. The number of anilines is 1. The lowest BCUT2D eigenvalue weighted by Gasteiger charge is -2.29. The van der Waals surface area contributed by atoms with Crippen molar-refractivity contribution >= 4 is 21.6 Å². The summed E-state index contributed by atoms with van der Waals surface area (Å²) in [6, 6.07) is 10.4. The number of imidazole rings is 1. The Morgan fingerprint density at radius 2 is 1.89 bits per heavy atom. The minimum absolute atomic E-state index is 0.0992.